The summed E-state index contributed by atoms with van der Waals surface area (Å²) < 4.78 is 45.8. The molecule has 0 spiro atoms. The standard InChI is InChI=1S/C22H17F3N2O3S/c1-13-17(30-21(26-13)15-5-7-16(8-6-15)22(23,24)25)12-31-18-4-2-3-14-9-10-27(20(14)18)11-19(28)29/h2-10H,11-12H2,1H3,(H,28,29). The van der Waals surface area contributed by atoms with Crippen LogP contribution in [0.15, 0.2) is 64.0 Å². The van der Waals surface area contributed by atoms with Crippen LogP contribution in [-0.2, 0) is 23.3 Å². The highest BCUT2D eigenvalue weighted by molar-refractivity contribution is 7.98. The fraction of sp³-hybridized carbons (Fsp3) is 0.182. The number of carboxylic acids is 1. The molecule has 0 amide bonds. The Kier molecular flexibility index (Phi) is 5.53. The van der Waals surface area contributed by atoms with Gasteiger partial charge in [0.05, 0.1) is 22.5 Å². The summed E-state index contributed by atoms with van der Waals surface area (Å²) in [7, 11) is 0. The van der Waals surface area contributed by atoms with E-state index in [1.807, 2.05) is 24.3 Å². The molecule has 31 heavy (non-hydrogen) atoms. The van der Waals surface area contributed by atoms with E-state index in [9.17, 15) is 18.0 Å². The summed E-state index contributed by atoms with van der Waals surface area (Å²) in [6.07, 6.45) is -2.66. The van der Waals surface area contributed by atoms with Gasteiger partial charge in [0.1, 0.15) is 12.3 Å². The molecule has 0 unspecified atom stereocenters. The SMILES string of the molecule is Cc1nc(-c2ccc(C(F)(F)F)cc2)oc1CSc1cccc2ccn(CC(=O)O)c12. The third kappa shape index (κ3) is 4.46. The first-order valence-corrected chi connectivity index (χ1v) is 10.3. The Morgan fingerprint density at radius 3 is 2.58 bits per heavy atom. The Balaban J connectivity index is 1.56. The van der Waals surface area contributed by atoms with Crippen molar-refractivity contribution in [3.8, 4) is 11.5 Å². The number of halogens is 3. The molecule has 0 aliphatic rings. The number of aliphatic carboxylic acids is 1. The van der Waals surface area contributed by atoms with Crippen molar-refractivity contribution in [3.05, 3.63) is 71.7 Å². The fourth-order valence-corrected chi connectivity index (χ4v) is 4.35. The van der Waals surface area contributed by atoms with E-state index in [2.05, 4.69) is 4.98 Å². The van der Waals surface area contributed by atoms with Crippen LogP contribution in [-0.4, -0.2) is 20.6 Å². The summed E-state index contributed by atoms with van der Waals surface area (Å²) in [6.45, 7) is 1.64. The average molecular weight is 446 g/mol. The summed E-state index contributed by atoms with van der Waals surface area (Å²) in [6, 6.07) is 12.3. The van der Waals surface area contributed by atoms with Crippen LogP contribution >= 0.6 is 11.8 Å². The van der Waals surface area contributed by atoms with Crippen molar-refractivity contribution in [3.63, 3.8) is 0 Å². The average Bonchev–Trinajstić information content (AvgIpc) is 3.29. The van der Waals surface area contributed by atoms with E-state index in [1.54, 1.807) is 17.7 Å². The molecular weight excluding hydrogens is 429 g/mol. The van der Waals surface area contributed by atoms with Gasteiger partial charge in [-0.2, -0.15) is 13.2 Å². The molecule has 2 aromatic heterocycles. The number of aromatic nitrogens is 2. The number of alkyl halides is 3. The lowest BCUT2D eigenvalue weighted by Crippen LogP contribution is -2.07. The van der Waals surface area contributed by atoms with Gasteiger partial charge in [-0.3, -0.25) is 4.79 Å². The van der Waals surface area contributed by atoms with Gasteiger partial charge in [0.25, 0.3) is 0 Å². The summed E-state index contributed by atoms with van der Waals surface area (Å²) >= 11 is 1.48. The largest absolute Gasteiger partial charge is 0.480 e. The second-order valence-electron chi connectivity index (χ2n) is 6.92. The molecule has 0 saturated heterocycles. The highest BCUT2D eigenvalue weighted by Gasteiger charge is 2.30. The number of rotatable bonds is 6. The first-order chi connectivity index (χ1) is 14.7. The zero-order chi connectivity index (χ0) is 22.2. The number of benzene rings is 2. The van der Waals surface area contributed by atoms with Gasteiger partial charge < -0.3 is 14.1 Å². The molecule has 9 heteroatoms. The minimum atomic E-state index is -4.40. The van der Waals surface area contributed by atoms with Crippen molar-refractivity contribution in [1.29, 1.82) is 0 Å². The fourth-order valence-electron chi connectivity index (χ4n) is 3.25. The lowest BCUT2D eigenvalue weighted by molar-refractivity contribution is -0.138. The maximum atomic E-state index is 12.8. The van der Waals surface area contributed by atoms with Gasteiger partial charge in [-0.1, -0.05) is 12.1 Å². The Bertz CT molecular complexity index is 1240. The second kappa shape index (κ2) is 8.14. The van der Waals surface area contributed by atoms with Gasteiger partial charge in [-0.05, 0) is 43.3 Å². The van der Waals surface area contributed by atoms with Crippen molar-refractivity contribution in [2.45, 2.75) is 30.3 Å². The Hall–Kier alpha value is -3.20. The molecule has 0 aliphatic heterocycles. The molecule has 0 atom stereocenters. The molecule has 0 bridgehead atoms. The number of fused-ring (bicyclic) bond motifs is 1. The van der Waals surface area contributed by atoms with Gasteiger partial charge in [0.15, 0.2) is 0 Å². The number of nitrogens with zero attached hydrogens (tertiary/aromatic N) is 2. The molecule has 160 valence electrons. The van der Waals surface area contributed by atoms with Crippen LogP contribution in [0, 0.1) is 6.92 Å². The third-order valence-electron chi connectivity index (χ3n) is 4.77. The van der Waals surface area contributed by atoms with E-state index in [1.165, 1.54) is 23.9 Å². The van der Waals surface area contributed by atoms with E-state index in [0.29, 0.717) is 22.8 Å². The number of carboxylic acid groups (broad SMARTS) is 1. The summed E-state index contributed by atoms with van der Waals surface area (Å²) in [5, 5.41) is 10.1. The summed E-state index contributed by atoms with van der Waals surface area (Å²) in [5.74, 6) is 0.378. The molecule has 1 N–H and O–H groups in total. The van der Waals surface area contributed by atoms with E-state index in [-0.39, 0.29) is 12.4 Å². The highest BCUT2D eigenvalue weighted by atomic mass is 32.2. The molecule has 0 saturated carbocycles. The van der Waals surface area contributed by atoms with E-state index in [4.69, 9.17) is 9.52 Å². The molecule has 0 aliphatic carbocycles. The maximum absolute atomic E-state index is 12.8. The lowest BCUT2D eigenvalue weighted by atomic mass is 10.1. The van der Waals surface area contributed by atoms with Crippen LogP contribution in [0.2, 0.25) is 0 Å². The monoisotopic (exact) mass is 446 g/mol. The highest BCUT2D eigenvalue weighted by Crippen LogP contribution is 2.34. The zero-order valence-corrected chi connectivity index (χ0v) is 17.1. The number of oxazole rings is 1. The predicted octanol–water partition coefficient (Wildman–Crippen LogP) is 6.00. The second-order valence-corrected chi connectivity index (χ2v) is 7.94. The topological polar surface area (TPSA) is 68.3 Å². The van der Waals surface area contributed by atoms with Crippen molar-refractivity contribution in [2.24, 2.45) is 0 Å². The number of thioether (sulfide) groups is 1. The number of para-hydroxylation sites is 1. The molecule has 0 radical (unpaired) electrons. The van der Waals surface area contributed by atoms with Crippen molar-refractivity contribution < 1.29 is 27.5 Å². The van der Waals surface area contributed by atoms with Crippen LogP contribution in [0.4, 0.5) is 13.2 Å². The Morgan fingerprint density at radius 2 is 1.90 bits per heavy atom. The van der Waals surface area contributed by atoms with Gasteiger partial charge >= 0.3 is 12.1 Å². The van der Waals surface area contributed by atoms with Gasteiger partial charge in [0, 0.05) is 22.0 Å². The molecular formula is C22H17F3N2O3S. The van der Waals surface area contributed by atoms with Crippen molar-refractivity contribution in [2.75, 3.05) is 0 Å². The van der Waals surface area contributed by atoms with Gasteiger partial charge in [-0.15, -0.1) is 11.8 Å². The molecule has 5 nitrogen and oxygen atoms in total. The van der Waals surface area contributed by atoms with Crippen LogP contribution < -0.4 is 0 Å². The van der Waals surface area contributed by atoms with Gasteiger partial charge in [-0.25, -0.2) is 4.98 Å². The molecule has 2 heterocycles. The lowest BCUT2D eigenvalue weighted by Gasteiger charge is -2.07. The van der Waals surface area contributed by atoms with E-state index < -0.39 is 17.7 Å². The zero-order valence-electron chi connectivity index (χ0n) is 16.3. The van der Waals surface area contributed by atoms with Crippen molar-refractivity contribution >= 4 is 28.6 Å². The quantitative estimate of drug-likeness (QED) is 0.368. The third-order valence-corrected chi connectivity index (χ3v) is 5.81. The van der Waals surface area contributed by atoms with Crippen molar-refractivity contribution in [1.82, 2.24) is 9.55 Å². The first-order valence-electron chi connectivity index (χ1n) is 9.29. The Labute approximate surface area is 179 Å². The molecule has 4 rings (SSSR count). The molecule has 4 aromatic rings. The molecule has 2 aromatic carbocycles. The van der Waals surface area contributed by atoms with Crippen LogP contribution in [0.5, 0.6) is 0 Å². The minimum absolute atomic E-state index is 0.138. The van der Waals surface area contributed by atoms with E-state index >= 15 is 0 Å². The number of hydrogen-bond donors (Lipinski definition) is 1. The summed E-state index contributed by atoms with van der Waals surface area (Å²) in [5.41, 5.74) is 1.21. The Morgan fingerprint density at radius 1 is 1.16 bits per heavy atom. The van der Waals surface area contributed by atoms with Gasteiger partial charge in [0.2, 0.25) is 5.89 Å². The number of hydrogen-bond acceptors (Lipinski definition) is 4. The molecule has 0 fully saturated rings. The first kappa shape index (κ1) is 21.0. The number of carbonyl (C=O) groups is 1. The normalized spacial score (nSPS) is 11.9. The smallest absolute Gasteiger partial charge is 0.416 e. The van der Waals surface area contributed by atoms with Crippen LogP contribution in [0.25, 0.3) is 22.4 Å². The van der Waals surface area contributed by atoms with E-state index in [0.717, 1.165) is 27.9 Å². The van der Waals surface area contributed by atoms with Crippen LogP contribution in [0.1, 0.15) is 17.0 Å². The van der Waals surface area contributed by atoms with Crippen LogP contribution in [0.3, 0.4) is 0 Å². The summed E-state index contributed by atoms with van der Waals surface area (Å²) in [4.78, 5) is 16.4. The maximum Gasteiger partial charge on any atom is 0.416 e. The predicted molar refractivity (Wildman–Crippen MR) is 111 cm³/mol. The number of aryl methyl sites for hydroxylation is 1. The minimum Gasteiger partial charge on any atom is -0.480 e.